The topological polar surface area (TPSA) is 58.6 Å². The SMILES string of the molecule is Cc1cccc(CN(C(=O)CCCOc2ccc(Cl)cc2)C(C)C(=O)NC(C)C)c1. The Morgan fingerprint density at radius 3 is 2.43 bits per heavy atom. The van der Waals surface area contributed by atoms with Crippen LogP contribution in [-0.2, 0) is 16.1 Å². The van der Waals surface area contributed by atoms with Crippen molar-refractivity contribution in [3.05, 3.63) is 64.7 Å². The molecule has 0 aliphatic carbocycles. The number of benzene rings is 2. The van der Waals surface area contributed by atoms with Crippen molar-refractivity contribution in [3.8, 4) is 5.75 Å². The Bertz CT molecular complexity index is 837. The van der Waals surface area contributed by atoms with E-state index in [2.05, 4.69) is 5.32 Å². The number of amides is 2. The predicted octanol–water partition coefficient (Wildman–Crippen LogP) is 4.75. The molecule has 5 nitrogen and oxygen atoms in total. The Morgan fingerprint density at radius 2 is 1.80 bits per heavy atom. The predicted molar refractivity (Wildman–Crippen MR) is 121 cm³/mol. The summed E-state index contributed by atoms with van der Waals surface area (Å²) in [6.45, 7) is 8.41. The molecule has 0 aliphatic rings. The second kappa shape index (κ2) is 11.6. The number of aryl methyl sites for hydroxylation is 1. The molecule has 0 saturated carbocycles. The number of nitrogens with zero attached hydrogens (tertiary/aromatic N) is 1. The smallest absolute Gasteiger partial charge is 0.242 e. The zero-order valence-electron chi connectivity index (χ0n) is 18.2. The summed E-state index contributed by atoms with van der Waals surface area (Å²) < 4.78 is 5.68. The summed E-state index contributed by atoms with van der Waals surface area (Å²) >= 11 is 5.87. The highest BCUT2D eigenvalue weighted by Crippen LogP contribution is 2.17. The molecular weight excluding hydrogens is 400 g/mol. The third-order valence-electron chi connectivity index (χ3n) is 4.65. The van der Waals surface area contributed by atoms with Crippen LogP contribution in [0.2, 0.25) is 5.02 Å². The van der Waals surface area contributed by atoms with Crippen molar-refractivity contribution < 1.29 is 14.3 Å². The molecule has 0 radical (unpaired) electrons. The van der Waals surface area contributed by atoms with Gasteiger partial charge in [0.05, 0.1) is 6.61 Å². The zero-order chi connectivity index (χ0) is 22.1. The van der Waals surface area contributed by atoms with Crippen molar-refractivity contribution in [1.29, 1.82) is 0 Å². The van der Waals surface area contributed by atoms with Crippen LogP contribution < -0.4 is 10.1 Å². The summed E-state index contributed by atoms with van der Waals surface area (Å²) in [5.41, 5.74) is 2.13. The highest BCUT2D eigenvalue weighted by Gasteiger charge is 2.26. The van der Waals surface area contributed by atoms with Crippen LogP contribution in [0, 0.1) is 6.92 Å². The lowest BCUT2D eigenvalue weighted by molar-refractivity contribution is -0.141. The number of carbonyl (C=O) groups is 2. The molecule has 1 N–H and O–H groups in total. The van der Waals surface area contributed by atoms with Crippen molar-refractivity contribution in [2.75, 3.05) is 6.61 Å². The Balaban J connectivity index is 1.99. The van der Waals surface area contributed by atoms with Gasteiger partial charge in [-0.15, -0.1) is 0 Å². The van der Waals surface area contributed by atoms with Gasteiger partial charge in [0, 0.05) is 24.0 Å². The molecule has 1 unspecified atom stereocenters. The van der Waals surface area contributed by atoms with Crippen LogP contribution in [0.1, 0.15) is 44.7 Å². The van der Waals surface area contributed by atoms with Gasteiger partial charge in [0.15, 0.2) is 0 Å². The quantitative estimate of drug-likeness (QED) is 0.553. The van der Waals surface area contributed by atoms with Gasteiger partial charge >= 0.3 is 0 Å². The third kappa shape index (κ3) is 7.71. The van der Waals surface area contributed by atoms with Crippen LogP contribution in [0.4, 0.5) is 0 Å². The van der Waals surface area contributed by atoms with Crippen LogP contribution in [-0.4, -0.2) is 35.4 Å². The standard InChI is InChI=1S/C24H31ClN2O3/c1-17(2)26-24(29)19(4)27(16-20-8-5-7-18(3)15-20)23(28)9-6-14-30-22-12-10-21(25)11-13-22/h5,7-8,10-13,15,17,19H,6,9,14,16H2,1-4H3,(H,26,29). The highest BCUT2D eigenvalue weighted by atomic mass is 35.5. The lowest BCUT2D eigenvalue weighted by atomic mass is 10.1. The first kappa shape index (κ1) is 23.7. The summed E-state index contributed by atoms with van der Waals surface area (Å²) in [6.07, 6.45) is 0.864. The minimum absolute atomic E-state index is 0.0173. The van der Waals surface area contributed by atoms with Gasteiger partial charge in [-0.05, 0) is 63.9 Å². The Hall–Kier alpha value is -2.53. The fourth-order valence-electron chi connectivity index (χ4n) is 3.08. The molecule has 2 rings (SSSR count). The second-order valence-corrected chi connectivity index (χ2v) is 8.19. The van der Waals surface area contributed by atoms with E-state index in [1.807, 2.05) is 45.0 Å². The van der Waals surface area contributed by atoms with E-state index < -0.39 is 6.04 Å². The average Bonchev–Trinajstić information content (AvgIpc) is 2.69. The molecule has 0 spiro atoms. The summed E-state index contributed by atoms with van der Waals surface area (Å²) in [7, 11) is 0. The minimum Gasteiger partial charge on any atom is -0.494 e. The van der Waals surface area contributed by atoms with Gasteiger partial charge in [0.1, 0.15) is 11.8 Å². The Morgan fingerprint density at radius 1 is 1.10 bits per heavy atom. The molecule has 0 heterocycles. The van der Waals surface area contributed by atoms with Gasteiger partial charge in [-0.25, -0.2) is 0 Å². The van der Waals surface area contributed by atoms with Gasteiger partial charge < -0.3 is 15.0 Å². The van der Waals surface area contributed by atoms with Crippen molar-refractivity contribution in [2.24, 2.45) is 0 Å². The van der Waals surface area contributed by atoms with E-state index in [4.69, 9.17) is 16.3 Å². The number of ether oxygens (including phenoxy) is 1. The maximum Gasteiger partial charge on any atom is 0.242 e. The Kier molecular flexibility index (Phi) is 9.18. The van der Waals surface area contributed by atoms with E-state index in [-0.39, 0.29) is 17.9 Å². The maximum absolute atomic E-state index is 13.0. The number of hydrogen-bond acceptors (Lipinski definition) is 3. The molecule has 162 valence electrons. The van der Waals surface area contributed by atoms with Gasteiger partial charge in [0.2, 0.25) is 11.8 Å². The first-order valence-electron chi connectivity index (χ1n) is 10.3. The van der Waals surface area contributed by atoms with E-state index in [0.29, 0.717) is 36.8 Å². The molecule has 30 heavy (non-hydrogen) atoms. The van der Waals surface area contributed by atoms with Gasteiger partial charge in [-0.2, -0.15) is 0 Å². The van der Waals surface area contributed by atoms with E-state index in [0.717, 1.165) is 11.1 Å². The van der Waals surface area contributed by atoms with Crippen LogP contribution in [0.25, 0.3) is 0 Å². The number of hydrogen-bond donors (Lipinski definition) is 1. The number of rotatable bonds is 10. The van der Waals surface area contributed by atoms with E-state index in [9.17, 15) is 9.59 Å². The molecule has 0 aliphatic heterocycles. The number of halogens is 1. The molecule has 0 aromatic heterocycles. The van der Waals surface area contributed by atoms with E-state index in [1.165, 1.54) is 0 Å². The van der Waals surface area contributed by atoms with Crippen molar-refractivity contribution >= 4 is 23.4 Å². The zero-order valence-corrected chi connectivity index (χ0v) is 18.9. The normalized spacial score (nSPS) is 11.8. The van der Waals surface area contributed by atoms with E-state index in [1.54, 1.807) is 36.1 Å². The van der Waals surface area contributed by atoms with Crippen LogP contribution in [0.3, 0.4) is 0 Å². The van der Waals surface area contributed by atoms with Gasteiger partial charge in [-0.3, -0.25) is 9.59 Å². The lowest BCUT2D eigenvalue weighted by Gasteiger charge is -2.29. The van der Waals surface area contributed by atoms with Gasteiger partial charge in [-0.1, -0.05) is 41.4 Å². The summed E-state index contributed by atoms with van der Waals surface area (Å²) in [5, 5.41) is 3.55. The monoisotopic (exact) mass is 430 g/mol. The highest BCUT2D eigenvalue weighted by molar-refractivity contribution is 6.30. The fourth-order valence-corrected chi connectivity index (χ4v) is 3.21. The summed E-state index contributed by atoms with van der Waals surface area (Å²) in [5.74, 6) is 0.499. The molecule has 1 atom stereocenters. The second-order valence-electron chi connectivity index (χ2n) is 7.76. The maximum atomic E-state index is 13.0. The minimum atomic E-state index is -0.558. The summed E-state index contributed by atoms with van der Waals surface area (Å²) in [6, 6.07) is 14.6. The molecule has 0 bridgehead atoms. The largest absolute Gasteiger partial charge is 0.494 e. The number of nitrogens with one attached hydrogen (secondary N) is 1. The number of carbonyl (C=O) groups excluding carboxylic acids is 2. The molecule has 6 heteroatoms. The molecular formula is C24H31ClN2O3. The van der Waals surface area contributed by atoms with E-state index >= 15 is 0 Å². The molecule has 0 fully saturated rings. The Labute approximate surface area is 184 Å². The fraction of sp³-hybridized carbons (Fsp3) is 0.417. The third-order valence-corrected chi connectivity index (χ3v) is 4.90. The first-order chi connectivity index (χ1) is 14.3. The average molecular weight is 431 g/mol. The van der Waals surface area contributed by atoms with Crippen LogP contribution >= 0.6 is 11.6 Å². The van der Waals surface area contributed by atoms with Crippen molar-refractivity contribution in [1.82, 2.24) is 10.2 Å². The van der Waals surface area contributed by atoms with Crippen LogP contribution in [0.15, 0.2) is 48.5 Å². The summed E-state index contributed by atoms with van der Waals surface area (Å²) in [4.78, 5) is 27.2. The first-order valence-corrected chi connectivity index (χ1v) is 10.7. The lowest BCUT2D eigenvalue weighted by Crippen LogP contribution is -2.49. The van der Waals surface area contributed by atoms with Crippen LogP contribution in [0.5, 0.6) is 5.75 Å². The van der Waals surface area contributed by atoms with Crippen molar-refractivity contribution in [3.63, 3.8) is 0 Å². The molecule has 2 amide bonds. The molecule has 2 aromatic carbocycles. The molecule has 2 aromatic rings. The van der Waals surface area contributed by atoms with Gasteiger partial charge in [0.25, 0.3) is 0 Å². The molecule has 0 saturated heterocycles. The van der Waals surface area contributed by atoms with Crippen molar-refractivity contribution in [2.45, 2.75) is 59.2 Å².